The van der Waals surface area contributed by atoms with E-state index in [-0.39, 0.29) is 28.7 Å². The highest BCUT2D eigenvalue weighted by atomic mass is 32.2. The summed E-state index contributed by atoms with van der Waals surface area (Å²) in [6.45, 7) is 1.75. The number of hydrogen-bond donors (Lipinski definition) is 0. The summed E-state index contributed by atoms with van der Waals surface area (Å²) < 4.78 is 34.7. The van der Waals surface area contributed by atoms with Crippen molar-refractivity contribution in [1.82, 2.24) is 0 Å². The first-order chi connectivity index (χ1) is 11.9. The van der Waals surface area contributed by atoms with E-state index in [9.17, 15) is 13.2 Å². The van der Waals surface area contributed by atoms with Gasteiger partial charge in [0.25, 0.3) is 0 Å². The van der Waals surface area contributed by atoms with E-state index < -0.39 is 9.84 Å². The molecule has 3 rings (SSSR count). The predicted octanol–water partition coefficient (Wildman–Crippen LogP) is 1.72. The highest BCUT2D eigenvalue weighted by Gasteiger charge is 2.49. The number of fused-ring (bicyclic) bond motifs is 1. The Morgan fingerprint density at radius 2 is 2.00 bits per heavy atom. The first kappa shape index (κ1) is 18.1. The number of carbonyl (C=O) groups is 1. The molecule has 0 N–H and O–H groups in total. The Hall–Kier alpha value is -1.74. The van der Waals surface area contributed by atoms with Gasteiger partial charge in [-0.25, -0.2) is 8.42 Å². The van der Waals surface area contributed by atoms with Crippen LogP contribution in [0.3, 0.4) is 0 Å². The third-order valence-electron chi connectivity index (χ3n) is 4.23. The van der Waals surface area contributed by atoms with Gasteiger partial charge in [0, 0.05) is 23.4 Å². The SMILES string of the molecule is CCC(=O)N=C1S[C@H]2CS(=O)(=O)C[C@@H]2N1c1ccc(OC)c(OC)c1. The van der Waals surface area contributed by atoms with Crippen molar-refractivity contribution in [2.45, 2.75) is 24.6 Å². The molecule has 0 aliphatic carbocycles. The Morgan fingerprint density at radius 1 is 1.28 bits per heavy atom. The fourth-order valence-electron chi connectivity index (χ4n) is 3.03. The molecule has 7 nitrogen and oxygen atoms in total. The van der Waals surface area contributed by atoms with E-state index in [2.05, 4.69) is 4.99 Å². The Morgan fingerprint density at radius 3 is 2.64 bits per heavy atom. The number of thioether (sulfide) groups is 1. The molecule has 2 atom stereocenters. The molecule has 2 aliphatic heterocycles. The molecule has 0 unspecified atom stereocenters. The molecule has 1 aromatic rings. The van der Waals surface area contributed by atoms with Crippen LogP contribution in [0.2, 0.25) is 0 Å². The molecule has 136 valence electrons. The molecule has 2 fully saturated rings. The van der Waals surface area contributed by atoms with Crippen molar-refractivity contribution in [2.24, 2.45) is 4.99 Å². The summed E-state index contributed by atoms with van der Waals surface area (Å²) in [4.78, 5) is 17.8. The van der Waals surface area contributed by atoms with Gasteiger partial charge in [0.1, 0.15) is 0 Å². The third kappa shape index (κ3) is 3.48. The molecular formula is C16H20N2O5S2. The van der Waals surface area contributed by atoms with E-state index in [1.54, 1.807) is 33.3 Å². The number of methoxy groups -OCH3 is 2. The maximum Gasteiger partial charge on any atom is 0.247 e. The minimum atomic E-state index is -3.09. The van der Waals surface area contributed by atoms with Gasteiger partial charge in [-0.15, -0.1) is 0 Å². The van der Waals surface area contributed by atoms with Crippen molar-refractivity contribution in [2.75, 3.05) is 30.6 Å². The van der Waals surface area contributed by atoms with Crippen LogP contribution >= 0.6 is 11.8 Å². The average Bonchev–Trinajstić information content (AvgIpc) is 3.04. The normalized spacial score (nSPS) is 25.9. The van der Waals surface area contributed by atoms with Gasteiger partial charge in [-0.3, -0.25) is 4.79 Å². The summed E-state index contributed by atoms with van der Waals surface area (Å²) in [7, 11) is 0.000923. The molecule has 0 radical (unpaired) electrons. The lowest BCUT2D eigenvalue weighted by molar-refractivity contribution is -0.117. The molecule has 25 heavy (non-hydrogen) atoms. The number of carbonyl (C=O) groups excluding carboxylic acids is 1. The molecule has 1 amide bonds. The minimum Gasteiger partial charge on any atom is -0.493 e. The number of sulfone groups is 1. The maximum atomic E-state index is 12.0. The zero-order valence-corrected chi connectivity index (χ0v) is 15.9. The van der Waals surface area contributed by atoms with Crippen molar-refractivity contribution in [3.05, 3.63) is 18.2 Å². The van der Waals surface area contributed by atoms with Crippen LogP contribution in [0.1, 0.15) is 13.3 Å². The first-order valence-corrected chi connectivity index (χ1v) is 10.6. The molecule has 2 saturated heterocycles. The van der Waals surface area contributed by atoms with Crippen molar-refractivity contribution < 1.29 is 22.7 Å². The van der Waals surface area contributed by atoms with Crippen molar-refractivity contribution in [3.8, 4) is 11.5 Å². The van der Waals surface area contributed by atoms with Crippen LogP contribution in [0.25, 0.3) is 0 Å². The summed E-state index contributed by atoms with van der Waals surface area (Å²) in [5.74, 6) is 1.05. The lowest BCUT2D eigenvalue weighted by Crippen LogP contribution is -2.37. The predicted molar refractivity (Wildman–Crippen MR) is 98.6 cm³/mol. The Balaban J connectivity index is 2.04. The molecule has 2 heterocycles. The standard InChI is InChI=1S/C16H20N2O5S2/c1-4-15(19)17-16-18(11-8-25(20,21)9-14(11)24-16)10-5-6-12(22-2)13(7-10)23-3/h5-7,11,14H,4,8-9H2,1-3H3/t11-,14-/m0/s1. The van der Waals surface area contributed by atoms with Crippen molar-refractivity contribution >= 4 is 38.4 Å². The molecule has 0 bridgehead atoms. The largest absolute Gasteiger partial charge is 0.493 e. The number of nitrogens with zero attached hydrogens (tertiary/aromatic N) is 2. The van der Waals surface area contributed by atoms with E-state index >= 15 is 0 Å². The van der Waals surface area contributed by atoms with Crippen LogP contribution in [-0.2, 0) is 14.6 Å². The van der Waals surface area contributed by atoms with Crippen LogP contribution in [0, 0.1) is 0 Å². The summed E-state index contributed by atoms with van der Waals surface area (Å²) in [5.41, 5.74) is 0.734. The molecule has 9 heteroatoms. The van der Waals surface area contributed by atoms with Gasteiger partial charge in [0.2, 0.25) is 5.91 Å². The fraction of sp³-hybridized carbons (Fsp3) is 0.500. The van der Waals surface area contributed by atoms with Gasteiger partial charge < -0.3 is 14.4 Å². The lowest BCUT2D eigenvalue weighted by Gasteiger charge is -2.25. The summed E-state index contributed by atoms with van der Waals surface area (Å²) in [5, 5.41) is 0.422. The van der Waals surface area contributed by atoms with Crippen LogP contribution in [-0.4, -0.2) is 56.5 Å². The van der Waals surface area contributed by atoms with Gasteiger partial charge >= 0.3 is 0 Å². The Labute approximate surface area is 151 Å². The third-order valence-corrected chi connectivity index (χ3v) is 7.44. The monoisotopic (exact) mass is 384 g/mol. The number of aliphatic imine (C=N–C) groups is 1. The number of rotatable bonds is 4. The second-order valence-electron chi connectivity index (χ2n) is 5.85. The van der Waals surface area contributed by atoms with Crippen LogP contribution in [0.5, 0.6) is 11.5 Å². The second kappa shape index (κ2) is 6.87. The maximum absolute atomic E-state index is 12.0. The van der Waals surface area contributed by atoms with E-state index in [1.165, 1.54) is 11.8 Å². The number of amidine groups is 1. The molecule has 2 aliphatic rings. The van der Waals surface area contributed by atoms with Crippen molar-refractivity contribution in [1.29, 1.82) is 0 Å². The zero-order chi connectivity index (χ0) is 18.2. The zero-order valence-electron chi connectivity index (χ0n) is 14.3. The van der Waals surface area contributed by atoms with Crippen LogP contribution in [0.15, 0.2) is 23.2 Å². The highest BCUT2D eigenvalue weighted by Crippen LogP contribution is 2.43. The Kier molecular flexibility index (Phi) is 4.97. The van der Waals surface area contributed by atoms with Crippen molar-refractivity contribution in [3.63, 3.8) is 0 Å². The number of benzene rings is 1. The molecular weight excluding hydrogens is 364 g/mol. The quantitative estimate of drug-likeness (QED) is 0.781. The summed E-state index contributed by atoms with van der Waals surface area (Å²) >= 11 is 1.36. The van der Waals surface area contributed by atoms with Gasteiger partial charge in [-0.05, 0) is 12.1 Å². The van der Waals surface area contributed by atoms with Gasteiger partial charge in [0.15, 0.2) is 26.5 Å². The molecule has 0 saturated carbocycles. The first-order valence-electron chi connectivity index (χ1n) is 7.88. The van der Waals surface area contributed by atoms with Crippen LogP contribution < -0.4 is 14.4 Å². The Bertz CT molecular complexity index is 822. The van der Waals surface area contributed by atoms with E-state index in [4.69, 9.17) is 9.47 Å². The number of hydrogen-bond acceptors (Lipinski definition) is 6. The van der Waals surface area contributed by atoms with Gasteiger partial charge in [-0.2, -0.15) is 4.99 Å². The molecule has 0 spiro atoms. The number of anilines is 1. The van der Waals surface area contributed by atoms with E-state index in [0.29, 0.717) is 23.1 Å². The molecule has 1 aromatic carbocycles. The van der Waals surface area contributed by atoms with E-state index in [0.717, 1.165) is 5.69 Å². The minimum absolute atomic E-state index is 0.0539. The second-order valence-corrected chi connectivity index (χ2v) is 9.21. The van der Waals surface area contributed by atoms with Gasteiger partial charge in [0.05, 0.1) is 31.8 Å². The average molecular weight is 384 g/mol. The lowest BCUT2D eigenvalue weighted by atomic mass is 10.2. The number of ether oxygens (including phenoxy) is 2. The van der Waals surface area contributed by atoms with Gasteiger partial charge in [-0.1, -0.05) is 18.7 Å². The topological polar surface area (TPSA) is 85.3 Å². The fourth-order valence-corrected chi connectivity index (χ4v) is 6.96. The van der Waals surface area contributed by atoms with E-state index in [1.807, 2.05) is 11.0 Å². The summed E-state index contributed by atoms with van der Waals surface area (Å²) in [6.07, 6.45) is 0.303. The smallest absolute Gasteiger partial charge is 0.247 e. The highest BCUT2D eigenvalue weighted by molar-refractivity contribution is 8.16. The number of amides is 1. The molecule has 0 aromatic heterocycles. The van der Waals surface area contributed by atoms with Crippen LogP contribution in [0.4, 0.5) is 5.69 Å². The summed E-state index contributed by atoms with van der Waals surface area (Å²) in [6, 6.07) is 5.12.